The van der Waals surface area contributed by atoms with Crippen LogP contribution in [0.3, 0.4) is 0 Å². The highest BCUT2D eigenvalue weighted by Gasteiger charge is 2.24. The number of carbonyl (C=O) groups excluding carboxylic acids is 1. The van der Waals surface area contributed by atoms with Crippen LogP contribution in [-0.2, 0) is 4.79 Å². The third kappa shape index (κ3) is 2.08. The molecule has 1 aromatic rings. The molecular formula is C13H18N2O. The highest BCUT2D eigenvalue weighted by Crippen LogP contribution is 2.23. The Labute approximate surface area is 96.5 Å². The van der Waals surface area contributed by atoms with Crippen LogP contribution in [0.25, 0.3) is 0 Å². The van der Waals surface area contributed by atoms with Crippen LogP contribution < -0.4 is 4.90 Å². The normalized spacial score (nSPS) is 21.3. The van der Waals surface area contributed by atoms with Crippen molar-refractivity contribution < 1.29 is 4.79 Å². The number of aromatic nitrogens is 1. The summed E-state index contributed by atoms with van der Waals surface area (Å²) in [6.45, 7) is 7.69. The van der Waals surface area contributed by atoms with Gasteiger partial charge >= 0.3 is 0 Å². The number of carbonyl (C=O) groups is 1. The molecule has 0 radical (unpaired) electrons. The first kappa shape index (κ1) is 11.1. The lowest BCUT2D eigenvalue weighted by Gasteiger charge is -2.32. The fraction of sp³-hybridized carbons (Fsp3) is 0.538. The highest BCUT2D eigenvalue weighted by molar-refractivity contribution is 5.83. The summed E-state index contributed by atoms with van der Waals surface area (Å²) in [6.07, 6.45) is 0.661. The SMILES string of the molecule is Cc1ccc(N2CCC(=O)C(C)C2)c(C)n1. The predicted molar refractivity (Wildman–Crippen MR) is 64.7 cm³/mol. The molecule has 86 valence electrons. The number of rotatable bonds is 1. The maximum atomic E-state index is 11.5. The summed E-state index contributed by atoms with van der Waals surface area (Å²) in [5.41, 5.74) is 3.27. The molecule has 0 bridgehead atoms. The van der Waals surface area contributed by atoms with E-state index in [2.05, 4.69) is 16.0 Å². The van der Waals surface area contributed by atoms with Crippen LogP contribution in [0, 0.1) is 19.8 Å². The lowest BCUT2D eigenvalue weighted by molar-refractivity contribution is -0.122. The molecule has 0 saturated carbocycles. The van der Waals surface area contributed by atoms with Crippen molar-refractivity contribution in [1.29, 1.82) is 0 Å². The molecule has 1 unspecified atom stereocenters. The van der Waals surface area contributed by atoms with Gasteiger partial charge in [-0.25, -0.2) is 0 Å². The van der Waals surface area contributed by atoms with Gasteiger partial charge in [0.15, 0.2) is 0 Å². The van der Waals surface area contributed by atoms with Crippen molar-refractivity contribution in [2.45, 2.75) is 27.2 Å². The summed E-state index contributed by atoms with van der Waals surface area (Å²) >= 11 is 0. The number of nitrogens with zero attached hydrogens (tertiary/aromatic N) is 2. The van der Waals surface area contributed by atoms with Gasteiger partial charge in [-0.2, -0.15) is 0 Å². The van der Waals surface area contributed by atoms with Crippen molar-refractivity contribution in [2.24, 2.45) is 5.92 Å². The zero-order valence-electron chi connectivity index (χ0n) is 10.2. The second-order valence-electron chi connectivity index (χ2n) is 4.62. The molecule has 0 N–H and O–H groups in total. The summed E-state index contributed by atoms with van der Waals surface area (Å²) in [4.78, 5) is 18.2. The number of pyridine rings is 1. The molecule has 1 saturated heterocycles. The summed E-state index contributed by atoms with van der Waals surface area (Å²) in [5, 5.41) is 0. The molecule has 0 aromatic carbocycles. The van der Waals surface area contributed by atoms with Crippen LogP contribution in [0.4, 0.5) is 5.69 Å². The van der Waals surface area contributed by atoms with Crippen LogP contribution in [0.1, 0.15) is 24.7 Å². The van der Waals surface area contributed by atoms with Crippen LogP contribution in [0.15, 0.2) is 12.1 Å². The summed E-state index contributed by atoms with van der Waals surface area (Å²) in [5.74, 6) is 0.531. The van der Waals surface area contributed by atoms with E-state index in [9.17, 15) is 4.79 Å². The molecule has 1 fully saturated rings. The number of anilines is 1. The molecule has 0 spiro atoms. The van der Waals surface area contributed by atoms with E-state index in [0.29, 0.717) is 12.2 Å². The van der Waals surface area contributed by atoms with Gasteiger partial charge in [-0.05, 0) is 26.0 Å². The van der Waals surface area contributed by atoms with Gasteiger partial charge in [0.1, 0.15) is 5.78 Å². The van der Waals surface area contributed by atoms with Gasteiger partial charge in [0, 0.05) is 31.1 Å². The van der Waals surface area contributed by atoms with Crippen molar-refractivity contribution in [3.63, 3.8) is 0 Å². The smallest absolute Gasteiger partial charge is 0.139 e. The Morgan fingerprint density at radius 3 is 2.75 bits per heavy atom. The minimum Gasteiger partial charge on any atom is -0.369 e. The predicted octanol–water partition coefficient (Wildman–Crippen LogP) is 2.11. The van der Waals surface area contributed by atoms with Gasteiger partial charge in [0.25, 0.3) is 0 Å². The minimum absolute atomic E-state index is 0.148. The Balaban J connectivity index is 2.21. The Hall–Kier alpha value is -1.38. The van der Waals surface area contributed by atoms with Crippen LogP contribution in [0.5, 0.6) is 0 Å². The Morgan fingerprint density at radius 1 is 1.38 bits per heavy atom. The second-order valence-corrected chi connectivity index (χ2v) is 4.62. The summed E-state index contributed by atoms with van der Waals surface area (Å²) in [7, 11) is 0. The van der Waals surface area contributed by atoms with Crippen molar-refractivity contribution in [2.75, 3.05) is 18.0 Å². The molecule has 0 aliphatic carbocycles. The first-order chi connectivity index (χ1) is 7.58. The van der Waals surface area contributed by atoms with Gasteiger partial charge in [-0.15, -0.1) is 0 Å². The van der Waals surface area contributed by atoms with Gasteiger partial charge in [0.2, 0.25) is 0 Å². The lowest BCUT2D eigenvalue weighted by atomic mass is 9.98. The molecule has 1 aromatic heterocycles. The fourth-order valence-electron chi connectivity index (χ4n) is 2.25. The number of piperidine rings is 1. The van der Waals surface area contributed by atoms with E-state index in [1.54, 1.807) is 0 Å². The van der Waals surface area contributed by atoms with Gasteiger partial charge < -0.3 is 4.90 Å². The number of hydrogen-bond donors (Lipinski definition) is 0. The first-order valence-electron chi connectivity index (χ1n) is 5.80. The zero-order valence-corrected chi connectivity index (χ0v) is 10.2. The van der Waals surface area contributed by atoms with Crippen LogP contribution in [0.2, 0.25) is 0 Å². The lowest BCUT2D eigenvalue weighted by Crippen LogP contribution is -2.40. The van der Waals surface area contributed by atoms with E-state index < -0.39 is 0 Å². The fourth-order valence-corrected chi connectivity index (χ4v) is 2.25. The average Bonchev–Trinajstić information content (AvgIpc) is 2.22. The molecule has 2 heterocycles. The standard InChI is InChI=1S/C13H18N2O/c1-9-8-15(7-6-13(9)16)12-5-4-10(2)14-11(12)3/h4-5,9H,6-8H2,1-3H3. The quantitative estimate of drug-likeness (QED) is 0.724. The molecule has 3 heteroatoms. The maximum Gasteiger partial charge on any atom is 0.139 e. The van der Waals surface area contributed by atoms with E-state index in [4.69, 9.17) is 0 Å². The van der Waals surface area contributed by atoms with E-state index in [1.807, 2.05) is 26.8 Å². The molecule has 16 heavy (non-hydrogen) atoms. The first-order valence-corrected chi connectivity index (χ1v) is 5.80. The Morgan fingerprint density at radius 2 is 2.12 bits per heavy atom. The van der Waals surface area contributed by atoms with E-state index >= 15 is 0 Å². The molecule has 3 nitrogen and oxygen atoms in total. The second kappa shape index (κ2) is 4.24. The largest absolute Gasteiger partial charge is 0.369 e. The summed E-state index contributed by atoms with van der Waals surface area (Å²) < 4.78 is 0. The molecular weight excluding hydrogens is 200 g/mol. The van der Waals surface area contributed by atoms with E-state index in [1.165, 1.54) is 5.69 Å². The van der Waals surface area contributed by atoms with Gasteiger partial charge in [-0.3, -0.25) is 9.78 Å². The Kier molecular flexibility index (Phi) is 2.95. The zero-order chi connectivity index (χ0) is 11.7. The van der Waals surface area contributed by atoms with Crippen molar-refractivity contribution in [1.82, 2.24) is 4.98 Å². The van der Waals surface area contributed by atoms with Gasteiger partial charge in [-0.1, -0.05) is 6.92 Å². The average molecular weight is 218 g/mol. The van der Waals surface area contributed by atoms with Crippen molar-refractivity contribution in [3.8, 4) is 0 Å². The molecule has 0 amide bonds. The van der Waals surface area contributed by atoms with E-state index in [-0.39, 0.29) is 5.92 Å². The maximum absolute atomic E-state index is 11.5. The third-order valence-electron chi connectivity index (χ3n) is 3.21. The molecule has 2 rings (SSSR count). The van der Waals surface area contributed by atoms with Crippen LogP contribution in [-0.4, -0.2) is 23.9 Å². The van der Waals surface area contributed by atoms with Crippen molar-refractivity contribution in [3.05, 3.63) is 23.5 Å². The third-order valence-corrected chi connectivity index (χ3v) is 3.21. The highest BCUT2D eigenvalue weighted by atomic mass is 16.1. The Bertz CT molecular complexity index is 414. The molecule has 1 aliphatic heterocycles. The van der Waals surface area contributed by atoms with Crippen LogP contribution >= 0.6 is 0 Å². The number of ketones is 1. The monoisotopic (exact) mass is 218 g/mol. The van der Waals surface area contributed by atoms with Crippen molar-refractivity contribution >= 4 is 11.5 Å². The number of aryl methyl sites for hydroxylation is 2. The molecule has 1 aliphatic rings. The summed E-state index contributed by atoms with van der Waals surface area (Å²) in [6, 6.07) is 4.14. The van der Waals surface area contributed by atoms with Gasteiger partial charge in [0.05, 0.1) is 11.4 Å². The topological polar surface area (TPSA) is 33.2 Å². The number of hydrogen-bond acceptors (Lipinski definition) is 3. The molecule has 1 atom stereocenters. The van der Waals surface area contributed by atoms with E-state index in [0.717, 1.165) is 24.5 Å². The number of Topliss-reactive ketones (excluding diaryl/α,β-unsaturated/α-hetero) is 1. The minimum atomic E-state index is 0.148.